The highest BCUT2D eigenvalue weighted by Crippen LogP contribution is 2.27. The molecule has 10 heteroatoms. The van der Waals surface area contributed by atoms with E-state index in [0.29, 0.717) is 41.5 Å². The van der Waals surface area contributed by atoms with Crippen LogP contribution in [0.4, 0.5) is 16.2 Å². The molecule has 1 aromatic heterocycles. The van der Waals surface area contributed by atoms with Crippen molar-refractivity contribution in [1.82, 2.24) is 9.62 Å². The molecule has 1 saturated heterocycles. The minimum Gasteiger partial charge on any atom is -0.334 e. The number of nitrogens with one attached hydrogen (secondary N) is 3. The lowest BCUT2D eigenvalue weighted by Gasteiger charge is -2.30. The number of carbonyl (C=O) groups excluding carboxylic acids is 2. The van der Waals surface area contributed by atoms with E-state index >= 15 is 0 Å². The fourth-order valence-electron chi connectivity index (χ4n) is 3.13. The summed E-state index contributed by atoms with van der Waals surface area (Å²) in [5.74, 6) is -0.638. The Kier molecular flexibility index (Phi) is 7.24. The van der Waals surface area contributed by atoms with E-state index in [-0.39, 0.29) is 18.5 Å². The third kappa shape index (κ3) is 5.47. The van der Waals surface area contributed by atoms with Crippen molar-refractivity contribution in [3.8, 4) is 0 Å². The lowest BCUT2D eigenvalue weighted by atomic mass is 9.98. The Hall–Kier alpha value is -2.69. The van der Waals surface area contributed by atoms with Crippen LogP contribution in [-0.2, 0) is 14.8 Å². The highest BCUT2D eigenvalue weighted by Gasteiger charge is 2.33. The predicted octanol–water partition coefficient (Wildman–Crippen LogP) is 3.10. The molecule has 1 fully saturated rings. The van der Waals surface area contributed by atoms with Crippen LogP contribution >= 0.6 is 11.3 Å². The van der Waals surface area contributed by atoms with Gasteiger partial charge in [-0.3, -0.25) is 4.79 Å². The number of nitrogens with zero attached hydrogens (tertiary/aromatic N) is 1. The number of thiophene rings is 1. The molecule has 0 aliphatic carbocycles. The van der Waals surface area contributed by atoms with Crippen molar-refractivity contribution in [3.63, 3.8) is 0 Å². The van der Waals surface area contributed by atoms with Crippen LogP contribution in [0.25, 0.3) is 0 Å². The van der Waals surface area contributed by atoms with E-state index in [1.165, 1.54) is 15.6 Å². The van der Waals surface area contributed by atoms with Crippen LogP contribution in [-0.4, -0.2) is 44.3 Å². The van der Waals surface area contributed by atoms with Gasteiger partial charge in [-0.25, -0.2) is 13.2 Å². The van der Waals surface area contributed by atoms with E-state index in [9.17, 15) is 18.0 Å². The van der Waals surface area contributed by atoms with Gasteiger partial charge in [0.15, 0.2) is 0 Å². The van der Waals surface area contributed by atoms with Gasteiger partial charge >= 0.3 is 6.03 Å². The van der Waals surface area contributed by atoms with Crippen LogP contribution < -0.4 is 16.0 Å². The molecule has 1 atom stereocenters. The van der Waals surface area contributed by atoms with Crippen LogP contribution in [0.2, 0.25) is 0 Å². The zero-order valence-corrected chi connectivity index (χ0v) is 18.0. The Bertz CT molecular complexity index is 988. The van der Waals surface area contributed by atoms with Crippen molar-refractivity contribution in [2.45, 2.75) is 17.1 Å². The van der Waals surface area contributed by atoms with E-state index in [2.05, 4.69) is 22.5 Å². The highest BCUT2D eigenvalue weighted by atomic mass is 32.2. The summed E-state index contributed by atoms with van der Waals surface area (Å²) >= 11 is 1.18. The molecule has 1 aliphatic heterocycles. The second-order valence-electron chi connectivity index (χ2n) is 6.82. The maximum atomic E-state index is 12.7. The molecule has 160 valence electrons. The van der Waals surface area contributed by atoms with Crippen molar-refractivity contribution < 1.29 is 18.0 Å². The summed E-state index contributed by atoms with van der Waals surface area (Å²) in [6.07, 6.45) is 2.84. The van der Waals surface area contributed by atoms with Gasteiger partial charge in [-0.2, -0.15) is 4.31 Å². The summed E-state index contributed by atoms with van der Waals surface area (Å²) in [6.45, 7) is 4.47. The van der Waals surface area contributed by atoms with Gasteiger partial charge in [-0.15, -0.1) is 17.9 Å². The number of benzene rings is 1. The molecule has 8 nitrogen and oxygen atoms in total. The van der Waals surface area contributed by atoms with Crippen molar-refractivity contribution in [1.29, 1.82) is 0 Å². The number of urea groups is 1. The van der Waals surface area contributed by atoms with E-state index in [1.807, 2.05) is 0 Å². The first-order valence-corrected chi connectivity index (χ1v) is 11.8. The van der Waals surface area contributed by atoms with Gasteiger partial charge in [0.25, 0.3) is 10.0 Å². The minimum atomic E-state index is -3.56. The second-order valence-corrected chi connectivity index (χ2v) is 9.94. The summed E-state index contributed by atoms with van der Waals surface area (Å²) in [5.41, 5.74) is 1.16. The van der Waals surface area contributed by atoms with Crippen LogP contribution in [0.5, 0.6) is 0 Å². The van der Waals surface area contributed by atoms with Crippen molar-refractivity contribution in [2.75, 3.05) is 30.3 Å². The third-order valence-electron chi connectivity index (χ3n) is 4.66. The van der Waals surface area contributed by atoms with E-state index in [1.54, 1.807) is 47.9 Å². The van der Waals surface area contributed by atoms with Gasteiger partial charge in [0.05, 0.1) is 5.92 Å². The lowest BCUT2D eigenvalue weighted by Crippen LogP contribution is -2.43. The minimum absolute atomic E-state index is 0.162. The quantitative estimate of drug-likeness (QED) is 0.566. The second kappa shape index (κ2) is 9.88. The van der Waals surface area contributed by atoms with Gasteiger partial charge in [0.1, 0.15) is 4.21 Å². The van der Waals surface area contributed by atoms with Crippen LogP contribution in [0, 0.1) is 5.92 Å². The Morgan fingerprint density at radius 2 is 1.87 bits per heavy atom. The number of carbonyl (C=O) groups is 2. The van der Waals surface area contributed by atoms with E-state index in [4.69, 9.17) is 0 Å². The Balaban J connectivity index is 1.58. The van der Waals surface area contributed by atoms with Crippen molar-refractivity contribution in [3.05, 3.63) is 54.4 Å². The number of piperidine rings is 1. The van der Waals surface area contributed by atoms with Crippen LogP contribution in [0.15, 0.2) is 58.6 Å². The predicted molar refractivity (Wildman–Crippen MR) is 118 cm³/mol. The maximum absolute atomic E-state index is 12.7. The summed E-state index contributed by atoms with van der Waals surface area (Å²) < 4.78 is 27.1. The number of hydrogen-bond donors (Lipinski definition) is 3. The Morgan fingerprint density at radius 1 is 1.17 bits per heavy atom. The number of amides is 3. The lowest BCUT2D eigenvalue weighted by molar-refractivity contribution is -0.120. The first-order valence-electron chi connectivity index (χ1n) is 9.50. The molecule has 3 rings (SSSR count). The highest BCUT2D eigenvalue weighted by molar-refractivity contribution is 7.91. The molecule has 3 N–H and O–H groups in total. The van der Waals surface area contributed by atoms with Gasteiger partial charge in [-0.05, 0) is 48.6 Å². The van der Waals surface area contributed by atoms with Crippen molar-refractivity contribution in [2.24, 2.45) is 5.92 Å². The average molecular weight is 449 g/mol. The first-order chi connectivity index (χ1) is 14.4. The largest absolute Gasteiger partial charge is 0.334 e. The monoisotopic (exact) mass is 448 g/mol. The fourth-order valence-corrected chi connectivity index (χ4v) is 5.80. The standard InChI is InChI=1S/C20H24N4O4S2/c1-2-11-21-20(26)23-17-9-7-16(8-10-17)22-19(25)15-5-3-12-24(14-15)30(27,28)18-6-4-13-29-18/h2,4,6-10,13,15H,1,3,5,11-12,14H2,(H,22,25)(H2,21,23,26). The molecule has 2 aromatic rings. The molecule has 30 heavy (non-hydrogen) atoms. The summed E-state index contributed by atoms with van der Waals surface area (Å²) in [4.78, 5) is 24.3. The van der Waals surface area contributed by atoms with Crippen molar-refractivity contribution >= 4 is 44.7 Å². The van der Waals surface area contributed by atoms with Gasteiger partial charge in [0, 0.05) is 31.0 Å². The number of sulfonamides is 1. The topological polar surface area (TPSA) is 108 Å². The normalized spacial score (nSPS) is 17.1. The molecule has 1 aliphatic rings. The van der Waals surface area contributed by atoms with Gasteiger partial charge in [-0.1, -0.05) is 12.1 Å². The molecule has 1 unspecified atom stereocenters. The van der Waals surface area contributed by atoms with Gasteiger partial charge in [0.2, 0.25) is 5.91 Å². The molecule has 0 bridgehead atoms. The molecule has 0 spiro atoms. The molecule has 3 amide bonds. The fraction of sp³-hybridized carbons (Fsp3) is 0.300. The van der Waals surface area contributed by atoms with Crippen LogP contribution in [0.3, 0.4) is 0 Å². The Labute approximate surface area is 180 Å². The Morgan fingerprint density at radius 3 is 2.50 bits per heavy atom. The molecular formula is C20H24N4O4S2. The number of anilines is 2. The smallest absolute Gasteiger partial charge is 0.319 e. The number of rotatable bonds is 7. The van der Waals surface area contributed by atoms with E-state index in [0.717, 1.165) is 0 Å². The first kappa shape index (κ1) is 22.0. The zero-order chi connectivity index (χ0) is 21.6. The molecule has 0 radical (unpaired) electrons. The molecule has 0 saturated carbocycles. The zero-order valence-electron chi connectivity index (χ0n) is 16.3. The van der Waals surface area contributed by atoms with Crippen LogP contribution in [0.1, 0.15) is 12.8 Å². The maximum Gasteiger partial charge on any atom is 0.319 e. The van der Waals surface area contributed by atoms with E-state index < -0.39 is 15.9 Å². The average Bonchev–Trinajstić information content (AvgIpc) is 3.29. The summed E-state index contributed by atoms with van der Waals surface area (Å²) in [6, 6.07) is 9.66. The summed E-state index contributed by atoms with van der Waals surface area (Å²) in [5, 5.41) is 9.84. The summed E-state index contributed by atoms with van der Waals surface area (Å²) in [7, 11) is -3.56. The van der Waals surface area contributed by atoms with Gasteiger partial charge < -0.3 is 16.0 Å². The number of hydrogen-bond acceptors (Lipinski definition) is 5. The third-order valence-corrected chi connectivity index (χ3v) is 7.90. The SMILES string of the molecule is C=CCNC(=O)Nc1ccc(NC(=O)C2CCCN(S(=O)(=O)c3cccs3)C2)cc1. The molecule has 1 aromatic carbocycles. The molecular weight excluding hydrogens is 424 g/mol. The molecule has 2 heterocycles.